The summed E-state index contributed by atoms with van der Waals surface area (Å²) in [6.45, 7) is 5.88. The summed E-state index contributed by atoms with van der Waals surface area (Å²) in [5.74, 6) is 0.533. The molecule has 0 saturated carbocycles. The van der Waals surface area contributed by atoms with Gasteiger partial charge in [0.1, 0.15) is 6.33 Å². The molecule has 0 spiro atoms. The monoisotopic (exact) mass is 382 g/mol. The van der Waals surface area contributed by atoms with Crippen molar-refractivity contribution >= 4 is 23.4 Å². The fourth-order valence-electron chi connectivity index (χ4n) is 2.77. The lowest BCUT2D eigenvalue weighted by Crippen LogP contribution is -2.19. The minimum Gasteiger partial charge on any atom is -0.364 e. The number of aromatic amines is 1. The molecule has 8 heteroatoms. The van der Waals surface area contributed by atoms with E-state index in [2.05, 4.69) is 25.7 Å². The molecule has 0 bridgehead atoms. The Labute approximate surface area is 162 Å². The standard InChI is InChI=1S/C19H22N6OS/c1-12-9-20-13(2)17(12)14(3)22-23-18(26)16-7-5-15(6-8-16)10-27-19-24-21-11-25(19)4/h5-9,11,20H,10H2,1-4H3,(H,23,26)/b22-14+. The molecule has 1 aromatic carbocycles. The normalized spacial score (nSPS) is 11.6. The predicted molar refractivity (Wildman–Crippen MR) is 107 cm³/mol. The van der Waals surface area contributed by atoms with Crippen LogP contribution in [0.1, 0.15) is 39.7 Å². The molecule has 140 valence electrons. The molecule has 0 atom stereocenters. The molecule has 0 aliphatic rings. The molecular weight excluding hydrogens is 360 g/mol. The van der Waals surface area contributed by atoms with Crippen LogP contribution >= 0.6 is 11.8 Å². The summed E-state index contributed by atoms with van der Waals surface area (Å²) >= 11 is 1.60. The molecule has 0 fully saturated rings. The molecular formula is C19H22N6OS. The van der Waals surface area contributed by atoms with E-state index in [-0.39, 0.29) is 5.91 Å². The van der Waals surface area contributed by atoms with Crippen LogP contribution in [0, 0.1) is 13.8 Å². The summed E-state index contributed by atoms with van der Waals surface area (Å²) in [5.41, 5.74) is 8.26. The van der Waals surface area contributed by atoms with Gasteiger partial charge in [-0.05, 0) is 44.0 Å². The number of H-pyrrole nitrogens is 1. The second-order valence-electron chi connectivity index (χ2n) is 6.32. The topological polar surface area (TPSA) is 88.0 Å². The first kappa shape index (κ1) is 18.9. The van der Waals surface area contributed by atoms with Crippen molar-refractivity contribution in [1.82, 2.24) is 25.2 Å². The van der Waals surface area contributed by atoms with Gasteiger partial charge in [-0.2, -0.15) is 5.10 Å². The van der Waals surface area contributed by atoms with E-state index in [9.17, 15) is 4.79 Å². The van der Waals surface area contributed by atoms with Crippen LogP contribution < -0.4 is 5.43 Å². The quantitative estimate of drug-likeness (QED) is 0.389. The van der Waals surface area contributed by atoms with E-state index in [0.29, 0.717) is 5.56 Å². The van der Waals surface area contributed by atoms with Gasteiger partial charge in [0.15, 0.2) is 5.16 Å². The molecule has 7 nitrogen and oxygen atoms in total. The molecule has 0 radical (unpaired) electrons. The lowest BCUT2D eigenvalue weighted by Gasteiger charge is -2.05. The smallest absolute Gasteiger partial charge is 0.271 e. The Kier molecular flexibility index (Phi) is 5.75. The van der Waals surface area contributed by atoms with E-state index in [0.717, 1.165) is 39.0 Å². The number of aryl methyl sites for hydroxylation is 3. The third-order valence-corrected chi connectivity index (χ3v) is 5.32. The number of nitrogens with zero attached hydrogens (tertiary/aromatic N) is 4. The summed E-state index contributed by atoms with van der Waals surface area (Å²) in [7, 11) is 1.91. The van der Waals surface area contributed by atoms with Crippen molar-refractivity contribution < 1.29 is 4.79 Å². The Morgan fingerprint density at radius 1 is 1.30 bits per heavy atom. The molecule has 3 aromatic rings. The molecule has 27 heavy (non-hydrogen) atoms. The molecule has 3 rings (SSSR count). The minimum atomic E-state index is -0.229. The van der Waals surface area contributed by atoms with Crippen molar-refractivity contribution in [2.45, 2.75) is 31.7 Å². The van der Waals surface area contributed by atoms with E-state index in [4.69, 9.17) is 0 Å². The van der Waals surface area contributed by atoms with Gasteiger partial charge in [0.05, 0.1) is 5.71 Å². The Morgan fingerprint density at radius 3 is 2.63 bits per heavy atom. The van der Waals surface area contributed by atoms with E-state index >= 15 is 0 Å². The number of carbonyl (C=O) groups is 1. The number of rotatable bonds is 6. The molecule has 0 aliphatic heterocycles. The third-order valence-electron chi connectivity index (χ3n) is 4.22. The fourth-order valence-corrected chi connectivity index (χ4v) is 3.62. The predicted octanol–water partition coefficient (Wildman–Crippen LogP) is 3.21. The van der Waals surface area contributed by atoms with Crippen LogP contribution in [0.3, 0.4) is 0 Å². The lowest BCUT2D eigenvalue weighted by atomic mass is 10.1. The average molecular weight is 382 g/mol. The number of aromatic nitrogens is 4. The molecule has 0 aliphatic carbocycles. The average Bonchev–Trinajstić information content (AvgIpc) is 3.23. The summed E-state index contributed by atoms with van der Waals surface area (Å²) in [4.78, 5) is 15.5. The van der Waals surface area contributed by atoms with Gasteiger partial charge in [0.25, 0.3) is 5.91 Å². The number of thioether (sulfide) groups is 1. The number of hydrogen-bond donors (Lipinski definition) is 2. The van der Waals surface area contributed by atoms with Crippen molar-refractivity contribution in [3.8, 4) is 0 Å². The van der Waals surface area contributed by atoms with Crippen LogP contribution in [0.5, 0.6) is 0 Å². The van der Waals surface area contributed by atoms with Gasteiger partial charge < -0.3 is 9.55 Å². The van der Waals surface area contributed by atoms with Crippen LogP contribution in [0.2, 0.25) is 0 Å². The van der Waals surface area contributed by atoms with Crippen molar-refractivity contribution in [2.75, 3.05) is 0 Å². The highest BCUT2D eigenvalue weighted by Crippen LogP contribution is 2.20. The minimum absolute atomic E-state index is 0.229. The van der Waals surface area contributed by atoms with Gasteiger partial charge in [0.2, 0.25) is 0 Å². The summed E-state index contributed by atoms with van der Waals surface area (Å²) in [6, 6.07) is 7.49. The number of carbonyl (C=O) groups excluding carboxylic acids is 1. The lowest BCUT2D eigenvalue weighted by molar-refractivity contribution is 0.0955. The zero-order valence-corrected chi connectivity index (χ0v) is 16.6. The zero-order chi connectivity index (χ0) is 19.4. The molecule has 0 saturated heterocycles. The highest BCUT2D eigenvalue weighted by Gasteiger charge is 2.10. The number of nitrogens with one attached hydrogen (secondary N) is 2. The summed E-state index contributed by atoms with van der Waals surface area (Å²) in [5, 5.41) is 13.0. The molecule has 2 heterocycles. The van der Waals surface area contributed by atoms with Gasteiger partial charge in [-0.3, -0.25) is 4.79 Å². The van der Waals surface area contributed by atoms with Crippen LogP contribution in [-0.2, 0) is 12.8 Å². The first-order valence-corrected chi connectivity index (χ1v) is 9.49. The van der Waals surface area contributed by atoms with Gasteiger partial charge in [0, 0.05) is 35.8 Å². The van der Waals surface area contributed by atoms with Gasteiger partial charge in [-0.15, -0.1) is 10.2 Å². The second-order valence-corrected chi connectivity index (χ2v) is 7.26. The first-order valence-electron chi connectivity index (χ1n) is 8.51. The number of benzene rings is 1. The van der Waals surface area contributed by atoms with Crippen molar-refractivity contribution in [1.29, 1.82) is 0 Å². The van der Waals surface area contributed by atoms with Gasteiger partial charge in [-0.25, -0.2) is 5.43 Å². The first-order chi connectivity index (χ1) is 13.0. The summed E-state index contributed by atoms with van der Waals surface area (Å²) in [6.07, 6.45) is 3.61. The number of hydrogen-bond acceptors (Lipinski definition) is 5. The van der Waals surface area contributed by atoms with Crippen molar-refractivity contribution in [2.24, 2.45) is 12.1 Å². The maximum absolute atomic E-state index is 12.3. The third kappa shape index (κ3) is 4.46. The van der Waals surface area contributed by atoms with E-state index in [1.165, 1.54) is 0 Å². The number of hydrazone groups is 1. The van der Waals surface area contributed by atoms with E-state index < -0.39 is 0 Å². The SMILES string of the molecule is C/C(=N\NC(=O)c1ccc(CSc2nncn2C)cc1)c1c(C)c[nH]c1C. The molecule has 1 amide bonds. The maximum atomic E-state index is 12.3. The van der Waals surface area contributed by atoms with Crippen molar-refractivity contribution in [3.05, 3.63) is 64.7 Å². The largest absolute Gasteiger partial charge is 0.364 e. The van der Waals surface area contributed by atoms with Crippen LogP contribution in [0.15, 0.2) is 47.0 Å². The Bertz CT molecular complexity index is 951. The maximum Gasteiger partial charge on any atom is 0.271 e. The molecule has 2 N–H and O–H groups in total. The van der Waals surface area contributed by atoms with Gasteiger partial charge >= 0.3 is 0 Å². The van der Waals surface area contributed by atoms with E-state index in [1.54, 1.807) is 30.2 Å². The van der Waals surface area contributed by atoms with Crippen LogP contribution in [-0.4, -0.2) is 31.4 Å². The Balaban J connectivity index is 1.60. The van der Waals surface area contributed by atoms with Gasteiger partial charge in [-0.1, -0.05) is 23.9 Å². The second kappa shape index (κ2) is 8.22. The summed E-state index contributed by atoms with van der Waals surface area (Å²) < 4.78 is 1.88. The number of amides is 1. The molecule has 2 aromatic heterocycles. The van der Waals surface area contributed by atoms with E-state index in [1.807, 2.05) is 50.7 Å². The Morgan fingerprint density at radius 2 is 2.04 bits per heavy atom. The van der Waals surface area contributed by atoms with Crippen molar-refractivity contribution in [3.63, 3.8) is 0 Å². The zero-order valence-electron chi connectivity index (χ0n) is 15.8. The highest BCUT2D eigenvalue weighted by molar-refractivity contribution is 7.98. The van der Waals surface area contributed by atoms with Crippen LogP contribution in [0.25, 0.3) is 0 Å². The highest BCUT2D eigenvalue weighted by atomic mass is 32.2. The fraction of sp³-hybridized carbons (Fsp3) is 0.263. The van der Waals surface area contributed by atoms with Crippen LogP contribution in [0.4, 0.5) is 0 Å². The molecule has 0 unspecified atom stereocenters. The Hall–Kier alpha value is -2.87.